The van der Waals surface area contributed by atoms with Gasteiger partial charge in [0, 0.05) is 6.54 Å². The number of hydrogen-bond donors (Lipinski definition) is 1. The Balaban J connectivity index is 1.75. The van der Waals surface area contributed by atoms with E-state index in [9.17, 15) is 5.11 Å². The second-order valence-corrected chi connectivity index (χ2v) is 10.1. The number of hydrogen-bond acceptors (Lipinski definition) is 4. The van der Waals surface area contributed by atoms with Gasteiger partial charge in [-0.1, -0.05) is 102 Å². The van der Waals surface area contributed by atoms with Crippen LogP contribution in [0.2, 0.25) is 0 Å². The number of unbranched alkanes of at least 4 members (excludes halogenated alkanes) is 10. The van der Waals surface area contributed by atoms with Crippen LogP contribution in [0.15, 0.2) is 29.3 Å². The minimum absolute atomic E-state index is 0.259. The Hall–Kier alpha value is -1.46. The molecular formula is C26H40N2OS2. The third-order valence-electron chi connectivity index (χ3n) is 5.72. The van der Waals surface area contributed by atoms with Crippen molar-refractivity contribution in [3.8, 4) is 5.88 Å². The van der Waals surface area contributed by atoms with E-state index in [2.05, 4.69) is 31.0 Å². The first-order valence-corrected chi connectivity index (χ1v) is 13.4. The van der Waals surface area contributed by atoms with Crippen molar-refractivity contribution in [3.05, 3.63) is 38.7 Å². The molecule has 0 saturated heterocycles. The average Bonchev–Trinajstić information content (AvgIpc) is 3.05. The van der Waals surface area contributed by atoms with Gasteiger partial charge >= 0.3 is 0 Å². The number of aromatic nitrogens is 1. The molecular weight excluding hydrogens is 420 g/mol. The Kier molecular flexibility index (Phi) is 12.8. The molecule has 2 aromatic rings. The average molecular weight is 461 g/mol. The summed E-state index contributed by atoms with van der Waals surface area (Å²) in [5.74, 6) is 0.259. The van der Waals surface area contributed by atoms with E-state index in [0.717, 1.165) is 33.9 Å². The van der Waals surface area contributed by atoms with Gasteiger partial charge in [0.1, 0.15) is 4.88 Å². The van der Waals surface area contributed by atoms with Gasteiger partial charge < -0.3 is 5.11 Å². The summed E-state index contributed by atoms with van der Waals surface area (Å²) >= 11 is 6.91. The molecule has 0 bridgehead atoms. The Labute approximate surface area is 198 Å². The minimum atomic E-state index is 0.259. The lowest BCUT2D eigenvalue weighted by Gasteiger charge is -2.05. The van der Waals surface area contributed by atoms with Gasteiger partial charge in [0.15, 0.2) is 3.95 Å². The zero-order valence-corrected chi connectivity index (χ0v) is 21.1. The van der Waals surface area contributed by atoms with Crippen LogP contribution in [0.25, 0.3) is 0 Å². The van der Waals surface area contributed by atoms with Gasteiger partial charge in [-0.3, -0.25) is 9.56 Å². The van der Waals surface area contributed by atoms with Gasteiger partial charge in [-0.15, -0.1) is 0 Å². The number of aryl methyl sites for hydroxylation is 1. The molecule has 0 radical (unpaired) electrons. The van der Waals surface area contributed by atoms with Gasteiger partial charge in [0.2, 0.25) is 5.88 Å². The van der Waals surface area contributed by atoms with E-state index in [0.29, 0.717) is 0 Å². The van der Waals surface area contributed by atoms with E-state index < -0.39 is 0 Å². The van der Waals surface area contributed by atoms with Crippen LogP contribution < -0.4 is 0 Å². The lowest BCUT2D eigenvalue weighted by Crippen LogP contribution is -1.97. The zero-order valence-electron chi connectivity index (χ0n) is 19.4. The Morgan fingerprint density at radius 2 is 1.45 bits per heavy atom. The van der Waals surface area contributed by atoms with Crippen molar-refractivity contribution in [1.82, 2.24) is 4.57 Å². The Morgan fingerprint density at radius 3 is 2.06 bits per heavy atom. The van der Waals surface area contributed by atoms with E-state index in [4.69, 9.17) is 12.2 Å². The number of thiazole rings is 1. The summed E-state index contributed by atoms with van der Waals surface area (Å²) < 4.78 is 2.59. The van der Waals surface area contributed by atoms with Crippen molar-refractivity contribution < 1.29 is 5.11 Å². The predicted octanol–water partition coefficient (Wildman–Crippen LogP) is 9.00. The topological polar surface area (TPSA) is 37.5 Å². The maximum Gasteiger partial charge on any atom is 0.212 e. The van der Waals surface area contributed by atoms with Crippen LogP contribution in [0.4, 0.5) is 5.69 Å². The number of nitrogens with zero attached hydrogens (tertiary/aromatic N) is 2. The summed E-state index contributed by atoms with van der Waals surface area (Å²) in [5, 5.41) is 10.6. The molecule has 1 aromatic carbocycles. The highest BCUT2D eigenvalue weighted by Crippen LogP contribution is 2.26. The summed E-state index contributed by atoms with van der Waals surface area (Å²) in [5.41, 5.74) is 2.25. The fraction of sp³-hybridized carbons (Fsp3) is 0.615. The molecule has 0 spiro atoms. The number of aliphatic imine (C=N–C) groups is 1. The van der Waals surface area contributed by atoms with Crippen molar-refractivity contribution in [3.63, 3.8) is 0 Å². The van der Waals surface area contributed by atoms with Gasteiger partial charge in [0.05, 0.1) is 11.9 Å². The lowest BCUT2D eigenvalue weighted by atomic mass is 10.1. The molecule has 0 amide bonds. The Morgan fingerprint density at radius 1 is 0.871 bits per heavy atom. The molecule has 172 valence electrons. The number of benzene rings is 1. The highest BCUT2D eigenvalue weighted by Gasteiger charge is 2.10. The number of aromatic hydroxyl groups is 1. The van der Waals surface area contributed by atoms with Gasteiger partial charge in [-0.2, -0.15) is 0 Å². The first-order valence-electron chi connectivity index (χ1n) is 12.2. The monoisotopic (exact) mass is 460 g/mol. The largest absolute Gasteiger partial charge is 0.493 e. The van der Waals surface area contributed by atoms with Crippen LogP contribution >= 0.6 is 23.6 Å². The molecule has 0 aliphatic heterocycles. The quantitative estimate of drug-likeness (QED) is 0.154. The second kappa shape index (κ2) is 15.4. The van der Waals surface area contributed by atoms with Gasteiger partial charge in [-0.05, 0) is 49.2 Å². The molecule has 0 aliphatic carbocycles. The zero-order chi connectivity index (χ0) is 22.3. The molecule has 0 unspecified atom stereocenters. The molecule has 31 heavy (non-hydrogen) atoms. The maximum absolute atomic E-state index is 10.6. The van der Waals surface area contributed by atoms with E-state index in [1.165, 1.54) is 87.5 Å². The summed E-state index contributed by atoms with van der Waals surface area (Å²) in [4.78, 5) is 5.28. The third-order valence-corrected chi connectivity index (χ3v) is 7.09. The predicted molar refractivity (Wildman–Crippen MR) is 139 cm³/mol. The van der Waals surface area contributed by atoms with E-state index in [1.54, 1.807) is 6.21 Å². The molecule has 0 aliphatic rings. The van der Waals surface area contributed by atoms with Gasteiger partial charge in [-0.25, -0.2) is 0 Å². The lowest BCUT2D eigenvalue weighted by molar-refractivity contribution is 0.407. The molecule has 0 atom stereocenters. The normalized spacial score (nSPS) is 11.5. The van der Waals surface area contributed by atoms with Crippen molar-refractivity contribution in [2.45, 2.75) is 104 Å². The SMILES string of the molecule is CCCCCCCCCCCCn1c(O)c(C=Nc2ccc(CCCC)cc2)sc1=S. The molecule has 1 heterocycles. The van der Waals surface area contributed by atoms with Crippen molar-refractivity contribution >= 4 is 35.5 Å². The van der Waals surface area contributed by atoms with Crippen molar-refractivity contribution in [1.29, 1.82) is 0 Å². The first kappa shape index (κ1) is 25.8. The molecule has 1 N–H and O–H groups in total. The van der Waals surface area contributed by atoms with Crippen molar-refractivity contribution in [2.24, 2.45) is 4.99 Å². The van der Waals surface area contributed by atoms with E-state index in [-0.39, 0.29) is 5.88 Å². The van der Waals surface area contributed by atoms with Crippen LogP contribution in [0, 0.1) is 3.95 Å². The fourth-order valence-electron chi connectivity index (χ4n) is 3.72. The smallest absolute Gasteiger partial charge is 0.212 e. The molecule has 0 saturated carbocycles. The van der Waals surface area contributed by atoms with Crippen LogP contribution in [0.5, 0.6) is 5.88 Å². The minimum Gasteiger partial charge on any atom is -0.493 e. The third kappa shape index (κ3) is 9.69. The molecule has 2 rings (SSSR count). The summed E-state index contributed by atoms with van der Waals surface area (Å²) in [6.45, 7) is 5.26. The summed E-state index contributed by atoms with van der Waals surface area (Å²) in [7, 11) is 0. The first-order chi connectivity index (χ1) is 15.2. The maximum atomic E-state index is 10.6. The van der Waals surface area contributed by atoms with E-state index in [1.807, 2.05) is 16.7 Å². The summed E-state index contributed by atoms with van der Waals surface area (Å²) in [6, 6.07) is 8.36. The summed E-state index contributed by atoms with van der Waals surface area (Å²) in [6.07, 6.45) is 18.3. The number of rotatable bonds is 16. The van der Waals surface area contributed by atoms with Crippen molar-refractivity contribution in [2.75, 3.05) is 0 Å². The van der Waals surface area contributed by atoms with Crippen LogP contribution in [-0.2, 0) is 13.0 Å². The van der Waals surface area contributed by atoms with Crippen LogP contribution in [0.3, 0.4) is 0 Å². The van der Waals surface area contributed by atoms with Crippen LogP contribution in [-0.4, -0.2) is 15.9 Å². The molecule has 1 aromatic heterocycles. The van der Waals surface area contributed by atoms with Gasteiger partial charge in [0.25, 0.3) is 0 Å². The highest BCUT2D eigenvalue weighted by molar-refractivity contribution is 7.73. The Bertz CT molecular complexity index is 821. The highest BCUT2D eigenvalue weighted by atomic mass is 32.1. The van der Waals surface area contributed by atoms with Crippen LogP contribution in [0.1, 0.15) is 101 Å². The molecule has 0 fully saturated rings. The molecule has 3 nitrogen and oxygen atoms in total. The molecule has 5 heteroatoms. The second-order valence-electron chi connectivity index (χ2n) is 8.42. The van der Waals surface area contributed by atoms with E-state index >= 15 is 0 Å². The standard InChI is InChI=1S/C26H40N2OS2/c1-3-5-7-8-9-10-11-12-13-14-20-28-25(29)24(31-26(28)30)21-27-23-18-16-22(17-19-23)15-6-4-2/h16-19,21,29H,3-15,20H2,1-2H3. The fourth-order valence-corrected chi connectivity index (χ4v) is 4.95.